The van der Waals surface area contributed by atoms with Gasteiger partial charge in [-0.3, -0.25) is 4.79 Å². The maximum Gasteiger partial charge on any atom is 0.226 e. The zero-order valence-electron chi connectivity index (χ0n) is 11.1. The van der Waals surface area contributed by atoms with Crippen LogP contribution in [0.3, 0.4) is 0 Å². The van der Waals surface area contributed by atoms with E-state index in [0.717, 1.165) is 25.9 Å². The summed E-state index contributed by atoms with van der Waals surface area (Å²) in [5.41, 5.74) is 0.593. The molecule has 0 spiro atoms. The first-order valence-corrected chi connectivity index (χ1v) is 7.58. The molecule has 2 rings (SSSR count). The topological polar surface area (TPSA) is 71.5 Å². The molecule has 5 nitrogen and oxygen atoms in total. The molecular formula is C13H20N2O3S. The van der Waals surface area contributed by atoms with Gasteiger partial charge in [-0.25, -0.2) is 4.98 Å². The van der Waals surface area contributed by atoms with Crippen molar-refractivity contribution >= 4 is 22.4 Å². The second kappa shape index (κ2) is 6.98. The summed E-state index contributed by atoms with van der Waals surface area (Å²) in [5.74, 6) is -0.0410. The van der Waals surface area contributed by atoms with Gasteiger partial charge in [-0.15, -0.1) is 11.3 Å². The van der Waals surface area contributed by atoms with Crippen molar-refractivity contribution in [1.29, 1.82) is 0 Å². The third kappa shape index (κ3) is 4.56. The van der Waals surface area contributed by atoms with Crippen LogP contribution in [0.5, 0.6) is 0 Å². The fourth-order valence-corrected chi connectivity index (χ4v) is 2.86. The lowest BCUT2D eigenvalue weighted by Gasteiger charge is -2.21. The summed E-state index contributed by atoms with van der Waals surface area (Å²) < 4.78 is 5.59. The number of aromatic nitrogens is 1. The van der Waals surface area contributed by atoms with Gasteiger partial charge in [0.25, 0.3) is 0 Å². The molecule has 0 aliphatic carbocycles. The Balaban J connectivity index is 1.73. The molecule has 1 saturated heterocycles. The molecule has 106 valence electrons. The molecule has 0 aromatic carbocycles. The summed E-state index contributed by atoms with van der Waals surface area (Å²) in [6, 6.07) is 0. The van der Waals surface area contributed by atoms with Crippen molar-refractivity contribution in [3.8, 4) is 0 Å². The van der Waals surface area contributed by atoms with Gasteiger partial charge >= 0.3 is 0 Å². The standard InChI is InChI=1S/C13H20N2O3S/c1-9(16)11-8-19-13(14-11)15-12(17)6-5-10-4-2-3-7-18-10/h8-10,16H,2-7H2,1H3,(H,14,15,17). The van der Waals surface area contributed by atoms with Crippen LogP contribution in [0.25, 0.3) is 0 Å². The molecule has 0 radical (unpaired) electrons. The zero-order valence-corrected chi connectivity index (χ0v) is 11.9. The highest BCUT2D eigenvalue weighted by Gasteiger charge is 2.16. The average Bonchev–Trinajstić information content (AvgIpc) is 2.86. The van der Waals surface area contributed by atoms with Crippen LogP contribution >= 0.6 is 11.3 Å². The van der Waals surface area contributed by atoms with Crippen LogP contribution in [-0.4, -0.2) is 28.7 Å². The number of nitrogens with zero attached hydrogens (tertiary/aromatic N) is 1. The normalized spacial score (nSPS) is 21.1. The number of carbonyl (C=O) groups is 1. The Kier molecular flexibility index (Phi) is 5.30. The minimum atomic E-state index is -0.599. The van der Waals surface area contributed by atoms with Crippen LogP contribution in [0.15, 0.2) is 5.38 Å². The molecule has 1 aliphatic heterocycles. The predicted octanol–water partition coefficient (Wildman–Crippen LogP) is 2.48. The van der Waals surface area contributed by atoms with E-state index >= 15 is 0 Å². The summed E-state index contributed by atoms with van der Waals surface area (Å²) in [7, 11) is 0. The van der Waals surface area contributed by atoms with Gasteiger partial charge in [0.2, 0.25) is 5.91 Å². The van der Waals surface area contributed by atoms with Gasteiger partial charge in [-0.05, 0) is 32.6 Å². The zero-order chi connectivity index (χ0) is 13.7. The highest BCUT2D eigenvalue weighted by atomic mass is 32.1. The molecule has 1 aromatic rings. The maximum absolute atomic E-state index is 11.8. The molecule has 1 aliphatic rings. The second-order valence-electron chi connectivity index (χ2n) is 4.83. The monoisotopic (exact) mass is 284 g/mol. The van der Waals surface area contributed by atoms with Gasteiger partial charge < -0.3 is 15.2 Å². The van der Waals surface area contributed by atoms with Gasteiger partial charge in [0.1, 0.15) is 0 Å². The van der Waals surface area contributed by atoms with Crippen molar-refractivity contribution in [2.75, 3.05) is 11.9 Å². The van der Waals surface area contributed by atoms with Crippen molar-refractivity contribution in [2.45, 2.75) is 51.2 Å². The van der Waals surface area contributed by atoms with E-state index in [1.54, 1.807) is 12.3 Å². The Morgan fingerprint density at radius 1 is 1.68 bits per heavy atom. The third-order valence-corrected chi connectivity index (χ3v) is 3.94. The quantitative estimate of drug-likeness (QED) is 0.871. The molecule has 1 amide bonds. The Morgan fingerprint density at radius 3 is 3.16 bits per heavy atom. The first kappa shape index (κ1) is 14.4. The predicted molar refractivity (Wildman–Crippen MR) is 74.2 cm³/mol. The van der Waals surface area contributed by atoms with E-state index in [-0.39, 0.29) is 12.0 Å². The lowest BCUT2D eigenvalue weighted by Crippen LogP contribution is -2.21. The van der Waals surface area contributed by atoms with E-state index < -0.39 is 6.10 Å². The summed E-state index contributed by atoms with van der Waals surface area (Å²) in [4.78, 5) is 15.9. The fourth-order valence-electron chi connectivity index (χ4n) is 2.04. The number of nitrogens with one attached hydrogen (secondary N) is 1. The number of thiazole rings is 1. The molecule has 2 unspecified atom stereocenters. The van der Waals surface area contributed by atoms with E-state index in [1.807, 2.05) is 0 Å². The van der Waals surface area contributed by atoms with Gasteiger partial charge in [0.15, 0.2) is 5.13 Å². The Morgan fingerprint density at radius 2 is 2.53 bits per heavy atom. The van der Waals surface area contributed by atoms with Gasteiger partial charge in [0.05, 0.1) is 17.9 Å². The second-order valence-corrected chi connectivity index (χ2v) is 5.69. The van der Waals surface area contributed by atoms with Crippen LogP contribution in [0.2, 0.25) is 0 Å². The van der Waals surface area contributed by atoms with Crippen molar-refractivity contribution in [3.05, 3.63) is 11.1 Å². The molecule has 19 heavy (non-hydrogen) atoms. The SMILES string of the molecule is CC(O)c1csc(NC(=O)CCC2CCCCO2)n1. The molecule has 0 saturated carbocycles. The Bertz CT molecular complexity index is 414. The number of aliphatic hydroxyl groups is 1. The van der Waals surface area contributed by atoms with E-state index in [0.29, 0.717) is 17.2 Å². The summed E-state index contributed by atoms with van der Waals surface area (Å²) in [6.45, 7) is 2.47. The van der Waals surface area contributed by atoms with Crippen LogP contribution in [0, 0.1) is 0 Å². The molecule has 1 fully saturated rings. The minimum Gasteiger partial charge on any atom is -0.387 e. The number of anilines is 1. The van der Waals surface area contributed by atoms with E-state index in [1.165, 1.54) is 17.8 Å². The van der Waals surface area contributed by atoms with Gasteiger partial charge in [-0.2, -0.15) is 0 Å². The first-order chi connectivity index (χ1) is 9.15. The Labute approximate surface area is 117 Å². The molecule has 0 bridgehead atoms. The number of aliphatic hydroxyl groups excluding tert-OH is 1. The van der Waals surface area contributed by atoms with Crippen molar-refractivity contribution in [1.82, 2.24) is 4.98 Å². The molecule has 2 heterocycles. The number of ether oxygens (including phenoxy) is 1. The minimum absolute atomic E-state index is 0.0410. The maximum atomic E-state index is 11.8. The van der Waals surface area contributed by atoms with Crippen molar-refractivity contribution in [3.63, 3.8) is 0 Å². The molecule has 2 atom stereocenters. The highest BCUT2D eigenvalue weighted by Crippen LogP contribution is 2.21. The fraction of sp³-hybridized carbons (Fsp3) is 0.692. The van der Waals surface area contributed by atoms with Crippen LogP contribution < -0.4 is 5.32 Å². The number of carbonyl (C=O) groups excluding carboxylic acids is 1. The van der Waals surface area contributed by atoms with E-state index in [4.69, 9.17) is 4.74 Å². The Hall–Kier alpha value is -0.980. The lowest BCUT2D eigenvalue weighted by molar-refractivity contribution is -0.117. The van der Waals surface area contributed by atoms with Crippen molar-refractivity contribution < 1.29 is 14.6 Å². The molecular weight excluding hydrogens is 264 g/mol. The van der Waals surface area contributed by atoms with Crippen LogP contribution in [0.1, 0.15) is 50.8 Å². The largest absolute Gasteiger partial charge is 0.387 e. The summed E-state index contributed by atoms with van der Waals surface area (Å²) in [6.07, 6.45) is 4.22. The summed E-state index contributed by atoms with van der Waals surface area (Å²) in [5, 5.41) is 14.4. The number of rotatable bonds is 5. The number of hydrogen-bond donors (Lipinski definition) is 2. The van der Waals surface area contributed by atoms with Crippen LogP contribution in [0.4, 0.5) is 5.13 Å². The molecule has 6 heteroatoms. The molecule has 1 aromatic heterocycles. The highest BCUT2D eigenvalue weighted by molar-refractivity contribution is 7.13. The van der Waals surface area contributed by atoms with Gasteiger partial charge in [0, 0.05) is 18.4 Å². The lowest BCUT2D eigenvalue weighted by atomic mass is 10.0. The summed E-state index contributed by atoms with van der Waals surface area (Å²) >= 11 is 1.33. The number of amides is 1. The van der Waals surface area contributed by atoms with E-state index in [2.05, 4.69) is 10.3 Å². The number of hydrogen-bond acceptors (Lipinski definition) is 5. The first-order valence-electron chi connectivity index (χ1n) is 6.70. The van der Waals surface area contributed by atoms with Crippen LogP contribution in [-0.2, 0) is 9.53 Å². The van der Waals surface area contributed by atoms with Crippen molar-refractivity contribution in [2.24, 2.45) is 0 Å². The molecule has 2 N–H and O–H groups in total. The smallest absolute Gasteiger partial charge is 0.226 e. The third-order valence-electron chi connectivity index (χ3n) is 3.16. The van der Waals surface area contributed by atoms with E-state index in [9.17, 15) is 9.90 Å². The van der Waals surface area contributed by atoms with Gasteiger partial charge in [-0.1, -0.05) is 0 Å². The average molecular weight is 284 g/mol.